The van der Waals surface area contributed by atoms with E-state index >= 15 is 0 Å². The molecule has 7 heteroatoms. The van der Waals surface area contributed by atoms with Gasteiger partial charge in [-0.2, -0.15) is 0 Å². The molecule has 0 aliphatic carbocycles. The summed E-state index contributed by atoms with van der Waals surface area (Å²) in [4.78, 5) is 21.4. The van der Waals surface area contributed by atoms with Crippen LogP contribution in [0.5, 0.6) is 0 Å². The minimum absolute atomic E-state index is 0.119. The Balaban J connectivity index is 1.35. The molecule has 0 spiro atoms. The number of benzene rings is 1. The average molecular weight is 344 g/mol. The van der Waals surface area contributed by atoms with Gasteiger partial charge in [0.2, 0.25) is 0 Å². The van der Waals surface area contributed by atoms with Crippen LogP contribution >= 0.6 is 11.3 Å². The lowest BCUT2D eigenvalue weighted by atomic mass is 10.0. The number of aryl methyl sites for hydroxylation is 1. The zero-order valence-corrected chi connectivity index (χ0v) is 14.3. The third kappa shape index (κ3) is 4.55. The van der Waals surface area contributed by atoms with Crippen molar-refractivity contribution in [2.45, 2.75) is 25.9 Å². The number of oxime groups is 1. The first-order valence-electron chi connectivity index (χ1n) is 7.90. The zero-order chi connectivity index (χ0) is 16.8. The van der Waals surface area contributed by atoms with Gasteiger partial charge in [-0.25, -0.2) is 9.78 Å². The lowest BCUT2D eigenvalue weighted by Gasteiger charge is -2.10. The number of carbonyl (C=O) groups excluding carboxylic acids is 1. The molecule has 1 atom stereocenters. The third-order valence-corrected chi connectivity index (χ3v) is 4.56. The lowest BCUT2D eigenvalue weighted by molar-refractivity contribution is 0.0865. The van der Waals surface area contributed by atoms with Crippen LogP contribution in [0, 0.1) is 6.92 Å². The first-order chi connectivity index (χ1) is 11.7. The number of amides is 2. The number of hydrogen-bond donors (Lipinski definition) is 2. The normalized spacial score (nSPS) is 16.4. The molecule has 0 saturated heterocycles. The first-order valence-corrected chi connectivity index (χ1v) is 8.78. The summed E-state index contributed by atoms with van der Waals surface area (Å²) in [7, 11) is 0. The van der Waals surface area contributed by atoms with E-state index in [4.69, 9.17) is 4.84 Å². The van der Waals surface area contributed by atoms with Gasteiger partial charge in [0.25, 0.3) is 0 Å². The van der Waals surface area contributed by atoms with Crippen LogP contribution in [-0.2, 0) is 11.3 Å². The molecule has 24 heavy (non-hydrogen) atoms. The topological polar surface area (TPSA) is 75.6 Å². The molecule has 6 nitrogen and oxygen atoms in total. The smallest absolute Gasteiger partial charge is 0.314 e. The Morgan fingerprint density at radius 2 is 2.17 bits per heavy atom. The number of urea groups is 1. The highest BCUT2D eigenvalue weighted by molar-refractivity contribution is 7.09. The average Bonchev–Trinajstić information content (AvgIpc) is 3.25. The molecule has 0 bridgehead atoms. The molecule has 2 heterocycles. The van der Waals surface area contributed by atoms with Gasteiger partial charge in [0.1, 0.15) is 0 Å². The van der Waals surface area contributed by atoms with E-state index in [1.807, 2.05) is 17.5 Å². The molecule has 2 aromatic rings. The van der Waals surface area contributed by atoms with E-state index in [2.05, 4.69) is 39.8 Å². The summed E-state index contributed by atoms with van der Waals surface area (Å²) in [6.07, 6.45) is 3.09. The van der Waals surface area contributed by atoms with Crippen molar-refractivity contribution in [1.29, 1.82) is 0 Å². The van der Waals surface area contributed by atoms with Crippen LogP contribution in [0.25, 0.3) is 0 Å². The van der Waals surface area contributed by atoms with Crippen molar-refractivity contribution in [3.63, 3.8) is 0 Å². The van der Waals surface area contributed by atoms with Gasteiger partial charge in [0, 0.05) is 31.0 Å². The molecular formula is C17H20N4O2S. The van der Waals surface area contributed by atoms with Crippen molar-refractivity contribution in [2.75, 3.05) is 13.1 Å². The van der Waals surface area contributed by atoms with Gasteiger partial charge in [-0.1, -0.05) is 35.0 Å². The molecule has 1 aliphatic heterocycles. The fraction of sp³-hybridized carbons (Fsp3) is 0.353. The second-order valence-electron chi connectivity index (χ2n) is 5.65. The highest BCUT2D eigenvalue weighted by Crippen LogP contribution is 2.16. The summed E-state index contributed by atoms with van der Waals surface area (Å²) in [6.45, 7) is 3.05. The molecule has 2 N–H and O–H groups in total. The van der Waals surface area contributed by atoms with Gasteiger partial charge >= 0.3 is 6.03 Å². The van der Waals surface area contributed by atoms with Crippen LogP contribution < -0.4 is 10.6 Å². The van der Waals surface area contributed by atoms with Crippen molar-refractivity contribution in [2.24, 2.45) is 5.16 Å². The third-order valence-electron chi connectivity index (χ3n) is 3.72. The predicted octanol–water partition coefficient (Wildman–Crippen LogP) is 2.49. The molecule has 3 rings (SSSR count). The Labute approximate surface area is 144 Å². The highest BCUT2D eigenvalue weighted by Gasteiger charge is 2.22. The van der Waals surface area contributed by atoms with E-state index in [9.17, 15) is 4.79 Å². The van der Waals surface area contributed by atoms with E-state index in [0.717, 1.165) is 22.7 Å². The van der Waals surface area contributed by atoms with Crippen LogP contribution in [0.1, 0.15) is 22.6 Å². The minimum Gasteiger partial charge on any atom is -0.390 e. The maximum Gasteiger partial charge on any atom is 0.314 e. The monoisotopic (exact) mass is 344 g/mol. The molecule has 2 amide bonds. The standard InChI is InChI=1S/C17H20N4O2S/c1-12-2-4-13(5-3-12)15-10-14(23-21-15)11-20-17(22)19-7-6-16-18-8-9-24-16/h2-5,8-9,14H,6-7,10-11H2,1H3,(H2,19,20,22)/t14-/m1/s1. The van der Waals surface area contributed by atoms with Crippen LogP contribution in [0.15, 0.2) is 41.0 Å². The van der Waals surface area contributed by atoms with E-state index in [1.165, 1.54) is 5.56 Å². The van der Waals surface area contributed by atoms with Crippen molar-refractivity contribution < 1.29 is 9.63 Å². The van der Waals surface area contributed by atoms with Gasteiger partial charge in [-0.15, -0.1) is 11.3 Å². The van der Waals surface area contributed by atoms with Crippen molar-refractivity contribution in [3.8, 4) is 0 Å². The number of aromatic nitrogens is 1. The molecule has 1 aliphatic rings. The van der Waals surface area contributed by atoms with Crippen molar-refractivity contribution in [3.05, 3.63) is 52.0 Å². The van der Waals surface area contributed by atoms with Gasteiger partial charge in [0.05, 0.1) is 17.3 Å². The Morgan fingerprint density at radius 3 is 2.92 bits per heavy atom. The number of carbonyl (C=O) groups is 1. The summed E-state index contributed by atoms with van der Waals surface area (Å²) in [5, 5.41) is 12.7. The lowest BCUT2D eigenvalue weighted by Crippen LogP contribution is -2.40. The Kier molecular flexibility index (Phi) is 5.43. The number of nitrogens with one attached hydrogen (secondary N) is 2. The molecule has 126 valence electrons. The van der Waals surface area contributed by atoms with Crippen LogP contribution in [0.3, 0.4) is 0 Å². The van der Waals surface area contributed by atoms with Crippen molar-refractivity contribution in [1.82, 2.24) is 15.6 Å². The second-order valence-corrected chi connectivity index (χ2v) is 6.63. The fourth-order valence-corrected chi connectivity index (χ4v) is 3.00. The second kappa shape index (κ2) is 7.92. The fourth-order valence-electron chi connectivity index (χ4n) is 2.38. The number of nitrogens with zero attached hydrogens (tertiary/aromatic N) is 2. The van der Waals surface area contributed by atoms with E-state index in [1.54, 1.807) is 17.5 Å². The maximum absolute atomic E-state index is 11.8. The van der Waals surface area contributed by atoms with Crippen LogP contribution in [0.4, 0.5) is 4.79 Å². The van der Waals surface area contributed by atoms with Crippen molar-refractivity contribution >= 4 is 23.1 Å². The molecular weight excluding hydrogens is 324 g/mol. The maximum atomic E-state index is 11.8. The van der Waals surface area contributed by atoms with Crippen LogP contribution in [-0.4, -0.2) is 35.9 Å². The van der Waals surface area contributed by atoms with Gasteiger partial charge in [-0.05, 0) is 12.5 Å². The minimum atomic E-state index is -0.195. The van der Waals surface area contributed by atoms with E-state index in [-0.39, 0.29) is 12.1 Å². The summed E-state index contributed by atoms with van der Waals surface area (Å²) in [5.74, 6) is 0. The van der Waals surface area contributed by atoms with Gasteiger partial charge in [-0.3, -0.25) is 0 Å². The summed E-state index contributed by atoms with van der Waals surface area (Å²) in [6, 6.07) is 8.00. The molecule has 0 fully saturated rings. The first kappa shape index (κ1) is 16.4. The highest BCUT2D eigenvalue weighted by atomic mass is 32.1. The van der Waals surface area contributed by atoms with E-state index in [0.29, 0.717) is 19.5 Å². The number of hydrogen-bond acceptors (Lipinski definition) is 5. The predicted molar refractivity (Wildman–Crippen MR) is 94.4 cm³/mol. The molecule has 0 unspecified atom stereocenters. The number of thiazole rings is 1. The summed E-state index contributed by atoms with van der Waals surface area (Å²) in [5.41, 5.74) is 3.20. The van der Waals surface area contributed by atoms with E-state index < -0.39 is 0 Å². The summed E-state index contributed by atoms with van der Waals surface area (Å²) < 4.78 is 0. The largest absolute Gasteiger partial charge is 0.390 e. The Morgan fingerprint density at radius 1 is 1.33 bits per heavy atom. The Bertz CT molecular complexity index is 698. The Hall–Kier alpha value is -2.41. The quantitative estimate of drug-likeness (QED) is 0.845. The summed E-state index contributed by atoms with van der Waals surface area (Å²) >= 11 is 1.59. The van der Waals surface area contributed by atoms with Crippen LogP contribution in [0.2, 0.25) is 0 Å². The molecule has 1 aromatic carbocycles. The molecule has 0 radical (unpaired) electrons. The van der Waals surface area contributed by atoms with Gasteiger partial charge < -0.3 is 15.5 Å². The number of rotatable bonds is 6. The SMILES string of the molecule is Cc1ccc(C2=NO[C@@H](CNC(=O)NCCc3nccs3)C2)cc1. The molecule has 1 aromatic heterocycles. The zero-order valence-electron chi connectivity index (χ0n) is 13.5. The van der Waals surface area contributed by atoms with Gasteiger partial charge in [0.15, 0.2) is 6.10 Å². The molecule has 0 saturated carbocycles.